The lowest BCUT2D eigenvalue weighted by atomic mass is 10.1. The van der Waals surface area contributed by atoms with Crippen molar-refractivity contribution in [1.82, 2.24) is 5.32 Å². The van der Waals surface area contributed by atoms with E-state index in [0.717, 1.165) is 20.5 Å². The molecule has 5 heteroatoms. The van der Waals surface area contributed by atoms with Crippen molar-refractivity contribution in [3.05, 3.63) is 50.1 Å². The second-order valence-corrected chi connectivity index (χ2v) is 8.03. The Morgan fingerprint density at radius 3 is 2.52 bits per heavy atom. The van der Waals surface area contributed by atoms with Crippen molar-refractivity contribution in [3.8, 4) is 5.75 Å². The van der Waals surface area contributed by atoms with E-state index in [1.165, 1.54) is 11.3 Å². The van der Waals surface area contributed by atoms with Crippen LogP contribution in [0.25, 0.3) is 0 Å². The van der Waals surface area contributed by atoms with Gasteiger partial charge in [0.15, 0.2) is 0 Å². The van der Waals surface area contributed by atoms with Gasteiger partial charge in [0.25, 0.3) is 0 Å². The van der Waals surface area contributed by atoms with E-state index < -0.39 is 0 Å². The second-order valence-electron chi connectivity index (χ2n) is 5.83. The minimum atomic E-state index is 0.0425. The van der Waals surface area contributed by atoms with Gasteiger partial charge >= 0.3 is 0 Å². The molecule has 0 fully saturated rings. The maximum absolute atomic E-state index is 6.28. The van der Waals surface area contributed by atoms with Gasteiger partial charge in [-0.1, -0.05) is 35.3 Å². The summed E-state index contributed by atoms with van der Waals surface area (Å²) in [5.74, 6) is 0.737. The van der Waals surface area contributed by atoms with E-state index in [1.807, 2.05) is 30.3 Å². The Morgan fingerprint density at radius 2 is 1.90 bits per heavy atom. The summed E-state index contributed by atoms with van der Waals surface area (Å²) in [6.07, 6.45) is 0. The Morgan fingerprint density at radius 1 is 1.14 bits per heavy atom. The van der Waals surface area contributed by atoms with Gasteiger partial charge in [0.2, 0.25) is 0 Å². The van der Waals surface area contributed by atoms with Crippen LogP contribution in [-0.2, 0) is 13.2 Å². The second kappa shape index (κ2) is 7.01. The summed E-state index contributed by atoms with van der Waals surface area (Å²) >= 11 is 13.7. The molecule has 0 saturated heterocycles. The largest absolute Gasteiger partial charge is 0.486 e. The summed E-state index contributed by atoms with van der Waals surface area (Å²) in [4.78, 5) is 1.08. The molecule has 0 aliphatic carbocycles. The number of hydrogen-bond acceptors (Lipinski definition) is 3. The first kappa shape index (κ1) is 16.6. The fraction of sp³-hybridized carbons (Fsp3) is 0.375. The number of halogens is 2. The van der Waals surface area contributed by atoms with Gasteiger partial charge in [0.1, 0.15) is 12.4 Å². The van der Waals surface area contributed by atoms with Gasteiger partial charge in [-0.3, -0.25) is 0 Å². The van der Waals surface area contributed by atoms with Crippen molar-refractivity contribution < 1.29 is 4.74 Å². The summed E-state index contributed by atoms with van der Waals surface area (Å²) < 4.78 is 6.68. The number of ether oxygens (including phenoxy) is 1. The highest BCUT2D eigenvalue weighted by molar-refractivity contribution is 7.16. The van der Waals surface area contributed by atoms with Crippen molar-refractivity contribution >= 4 is 34.5 Å². The number of benzene rings is 1. The zero-order valence-corrected chi connectivity index (χ0v) is 14.7. The van der Waals surface area contributed by atoms with Gasteiger partial charge < -0.3 is 10.1 Å². The van der Waals surface area contributed by atoms with Gasteiger partial charge in [0.05, 0.1) is 9.36 Å². The SMILES string of the molecule is CC(C)(C)NCc1cccc(Cl)c1OCc1ccc(Cl)s1. The maximum atomic E-state index is 6.28. The average Bonchev–Trinajstić information content (AvgIpc) is 2.80. The molecule has 0 amide bonds. The predicted molar refractivity (Wildman–Crippen MR) is 91.7 cm³/mol. The molecule has 1 aromatic carbocycles. The average molecular weight is 344 g/mol. The molecule has 21 heavy (non-hydrogen) atoms. The maximum Gasteiger partial charge on any atom is 0.142 e. The molecule has 0 bridgehead atoms. The Kier molecular flexibility index (Phi) is 5.55. The molecule has 1 N–H and O–H groups in total. The van der Waals surface area contributed by atoms with Gasteiger partial charge in [-0.25, -0.2) is 0 Å². The van der Waals surface area contributed by atoms with Crippen LogP contribution in [-0.4, -0.2) is 5.54 Å². The molecule has 1 heterocycles. The molecule has 0 atom stereocenters. The van der Waals surface area contributed by atoms with Crippen LogP contribution in [0.3, 0.4) is 0 Å². The van der Waals surface area contributed by atoms with Crippen molar-refractivity contribution in [2.45, 2.75) is 39.5 Å². The molecule has 0 unspecified atom stereocenters. The Balaban J connectivity index is 2.10. The molecular formula is C16H19Cl2NOS. The first-order chi connectivity index (χ1) is 9.85. The Labute approximate surface area is 140 Å². The summed E-state index contributed by atoms with van der Waals surface area (Å²) in [6, 6.07) is 9.66. The monoisotopic (exact) mass is 343 g/mol. The molecule has 2 aromatic rings. The fourth-order valence-corrected chi connectivity index (χ4v) is 3.04. The van der Waals surface area contributed by atoms with Crippen LogP contribution in [0.5, 0.6) is 5.75 Å². The Hall–Kier alpha value is -0.740. The molecule has 0 aliphatic rings. The zero-order valence-electron chi connectivity index (χ0n) is 12.4. The predicted octanol–water partition coefficient (Wildman–Crippen LogP) is 5.52. The first-order valence-electron chi connectivity index (χ1n) is 6.74. The number of thiophene rings is 1. The van der Waals surface area contributed by atoms with Gasteiger partial charge in [0, 0.05) is 22.5 Å². The normalized spacial score (nSPS) is 11.7. The van der Waals surface area contributed by atoms with E-state index in [-0.39, 0.29) is 5.54 Å². The molecule has 0 spiro atoms. The van der Waals surface area contributed by atoms with Crippen molar-refractivity contribution in [2.24, 2.45) is 0 Å². The zero-order chi connectivity index (χ0) is 15.5. The number of nitrogens with one attached hydrogen (secondary N) is 1. The lowest BCUT2D eigenvalue weighted by Crippen LogP contribution is -2.35. The van der Waals surface area contributed by atoms with Crippen molar-refractivity contribution in [3.63, 3.8) is 0 Å². The smallest absolute Gasteiger partial charge is 0.142 e. The lowest BCUT2D eigenvalue weighted by molar-refractivity contribution is 0.303. The minimum absolute atomic E-state index is 0.0425. The minimum Gasteiger partial charge on any atom is -0.486 e. The van der Waals surface area contributed by atoms with E-state index in [0.29, 0.717) is 18.2 Å². The van der Waals surface area contributed by atoms with Crippen LogP contribution in [0.15, 0.2) is 30.3 Å². The van der Waals surface area contributed by atoms with E-state index in [2.05, 4.69) is 26.1 Å². The number of hydrogen-bond donors (Lipinski definition) is 1. The molecule has 0 saturated carbocycles. The van der Waals surface area contributed by atoms with E-state index in [9.17, 15) is 0 Å². The highest BCUT2D eigenvalue weighted by Crippen LogP contribution is 2.31. The molecule has 1 aromatic heterocycles. The highest BCUT2D eigenvalue weighted by atomic mass is 35.5. The summed E-state index contributed by atoms with van der Waals surface area (Å²) in [7, 11) is 0. The topological polar surface area (TPSA) is 21.3 Å². The van der Waals surface area contributed by atoms with Crippen LogP contribution in [0.4, 0.5) is 0 Å². The highest BCUT2D eigenvalue weighted by Gasteiger charge is 2.13. The lowest BCUT2D eigenvalue weighted by Gasteiger charge is -2.22. The molecule has 114 valence electrons. The van der Waals surface area contributed by atoms with Crippen LogP contribution in [0.1, 0.15) is 31.2 Å². The van der Waals surface area contributed by atoms with E-state index in [4.69, 9.17) is 27.9 Å². The third kappa shape index (κ3) is 5.19. The standard InChI is InChI=1S/C16H19Cl2NOS/c1-16(2,3)19-9-11-5-4-6-13(17)15(11)20-10-12-7-8-14(18)21-12/h4-8,19H,9-10H2,1-3H3. The fourth-order valence-electron chi connectivity index (χ4n) is 1.79. The molecule has 2 rings (SSSR count). The van der Waals surface area contributed by atoms with Crippen LogP contribution >= 0.6 is 34.5 Å². The van der Waals surface area contributed by atoms with Crippen LogP contribution in [0.2, 0.25) is 9.36 Å². The molecule has 2 nitrogen and oxygen atoms in total. The number of para-hydroxylation sites is 1. The van der Waals surface area contributed by atoms with Crippen LogP contribution < -0.4 is 10.1 Å². The molecule has 0 aliphatic heterocycles. The van der Waals surface area contributed by atoms with Gasteiger partial charge in [-0.15, -0.1) is 11.3 Å². The molecular weight excluding hydrogens is 325 g/mol. The summed E-state index contributed by atoms with van der Waals surface area (Å²) in [5.41, 5.74) is 1.10. The quantitative estimate of drug-likeness (QED) is 0.771. The van der Waals surface area contributed by atoms with E-state index >= 15 is 0 Å². The number of rotatable bonds is 5. The summed E-state index contributed by atoms with van der Waals surface area (Å²) in [5, 5.41) is 4.08. The van der Waals surface area contributed by atoms with Gasteiger partial charge in [-0.2, -0.15) is 0 Å². The van der Waals surface area contributed by atoms with Gasteiger partial charge in [-0.05, 0) is 39.0 Å². The van der Waals surface area contributed by atoms with Crippen molar-refractivity contribution in [1.29, 1.82) is 0 Å². The third-order valence-corrected chi connectivity index (χ3v) is 4.35. The first-order valence-corrected chi connectivity index (χ1v) is 8.32. The Bertz CT molecular complexity index is 605. The molecule has 0 radical (unpaired) electrons. The van der Waals surface area contributed by atoms with Crippen LogP contribution in [0, 0.1) is 0 Å². The van der Waals surface area contributed by atoms with E-state index in [1.54, 1.807) is 0 Å². The third-order valence-electron chi connectivity index (χ3n) is 2.85. The van der Waals surface area contributed by atoms with Crippen molar-refractivity contribution in [2.75, 3.05) is 0 Å². The summed E-state index contributed by atoms with van der Waals surface area (Å²) in [6.45, 7) is 7.58.